The summed E-state index contributed by atoms with van der Waals surface area (Å²) in [4.78, 5) is 11.3. The Morgan fingerprint density at radius 3 is 2.89 bits per heavy atom. The Balaban J connectivity index is 2.37. The minimum Gasteiger partial charge on any atom is -0.489 e. The molecule has 0 radical (unpaired) electrons. The van der Waals surface area contributed by atoms with Crippen LogP contribution in [0.3, 0.4) is 0 Å². The lowest BCUT2D eigenvalue weighted by Gasteiger charge is -2.14. The average molecular weight is 273 g/mol. The van der Waals surface area contributed by atoms with Crippen molar-refractivity contribution in [2.75, 3.05) is 20.3 Å². The molecule has 0 aliphatic carbocycles. The first kappa shape index (κ1) is 13.0. The van der Waals surface area contributed by atoms with E-state index in [1.807, 2.05) is 0 Å². The van der Waals surface area contributed by atoms with Crippen LogP contribution in [0.4, 0.5) is 0 Å². The van der Waals surface area contributed by atoms with Gasteiger partial charge in [-0.1, -0.05) is 11.6 Å². The fraction of sp³-hybridized carbons (Fsp3) is 0.417. The smallest absolute Gasteiger partial charge is 0.339 e. The Labute approximate surface area is 109 Å². The lowest BCUT2D eigenvalue weighted by atomic mass is 10.1. The number of halogens is 1. The highest BCUT2D eigenvalue weighted by atomic mass is 35.5. The number of carbonyl (C=O) groups excluding carboxylic acids is 1. The van der Waals surface area contributed by atoms with Crippen LogP contribution in [-0.2, 0) is 9.53 Å². The number of rotatable bonds is 2. The molecule has 18 heavy (non-hydrogen) atoms. The van der Waals surface area contributed by atoms with Crippen LogP contribution in [0.5, 0.6) is 11.5 Å². The molecule has 0 spiro atoms. The van der Waals surface area contributed by atoms with Crippen LogP contribution in [-0.4, -0.2) is 31.4 Å². The second-order valence-corrected chi connectivity index (χ2v) is 4.21. The molecular weight excluding hydrogens is 260 g/mol. The van der Waals surface area contributed by atoms with Gasteiger partial charge in [0.05, 0.1) is 25.3 Å². The number of aliphatic hydroxyl groups is 1. The van der Waals surface area contributed by atoms with Crippen molar-refractivity contribution >= 4 is 17.6 Å². The minimum absolute atomic E-state index is 0.298. The Hall–Kier alpha value is -1.46. The minimum atomic E-state index is -1.38. The van der Waals surface area contributed by atoms with Crippen molar-refractivity contribution in [3.8, 4) is 11.5 Å². The Bertz CT molecular complexity index is 460. The third-order valence-corrected chi connectivity index (χ3v) is 2.85. The number of benzene rings is 1. The number of fused-ring (bicyclic) bond motifs is 1. The zero-order valence-corrected chi connectivity index (χ0v) is 10.6. The molecule has 0 amide bonds. The molecular formula is C12H13ClO5. The van der Waals surface area contributed by atoms with E-state index in [1.165, 1.54) is 19.2 Å². The molecule has 98 valence electrons. The van der Waals surface area contributed by atoms with E-state index in [0.29, 0.717) is 35.3 Å². The first-order chi connectivity index (χ1) is 8.63. The largest absolute Gasteiger partial charge is 0.489 e. The van der Waals surface area contributed by atoms with Crippen LogP contribution in [0, 0.1) is 0 Å². The highest BCUT2D eigenvalue weighted by Crippen LogP contribution is 2.39. The molecule has 1 unspecified atom stereocenters. The average Bonchev–Trinajstić information content (AvgIpc) is 2.62. The lowest BCUT2D eigenvalue weighted by molar-refractivity contribution is -0.150. The van der Waals surface area contributed by atoms with Crippen LogP contribution < -0.4 is 9.47 Å². The molecule has 0 aromatic heterocycles. The van der Waals surface area contributed by atoms with E-state index >= 15 is 0 Å². The van der Waals surface area contributed by atoms with Gasteiger partial charge < -0.3 is 19.3 Å². The summed E-state index contributed by atoms with van der Waals surface area (Å²) >= 11 is 6.04. The van der Waals surface area contributed by atoms with Crippen LogP contribution in [0.15, 0.2) is 12.1 Å². The molecule has 1 aromatic carbocycles. The van der Waals surface area contributed by atoms with E-state index in [-0.39, 0.29) is 0 Å². The van der Waals surface area contributed by atoms with Gasteiger partial charge in [0, 0.05) is 6.42 Å². The predicted molar refractivity (Wildman–Crippen MR) is 64.0 cm³/mol. The van der Waals surface area contributed by atoms with Crippen LogP contribution in [0.1, 0.15) is 18.1 Å². The number of esters is 1. The number of ether oxygens (including phenoxy) is 3. The van der Waals surface area contributed by atoms with E-state index in [1.54, 1.807) is 0 Å². The van der Waals surface area contributed by atoms with E-state index in [4.69, 9.17) is 21.1 Å². The maximum absolute atomic E-state index is 11.3. The standard InChI is InChI=1S/C12H13ClO5/c1-16-12(15)10(14)7-5-8(13)11-9(6-7)17-3-2-4-18-11/h5-6,10,14H,2-4H2,1H3. The van der Waals surface area contributed by atoms with Crippen molar-refractivity contribution in [3.05, 3.63) is 22.7 Å². The molecule has 2 rings (SSSR count). The summed E-state index contributed by atoms with van der Waals surface area (Å²) in [6.45, 7) is 1.02. The SMILES string of the molecule is COC(=O)C(O)c1cc(Cl)c2c(c1)OCCCO2. The highest BCUT2D eigenvalue weighted by molar-refractivity contribution is 6.32. The van der Waals surface area contributed by atoms with E-state index in [9.17, 15) is 9.90 Å². The molecule has 1 aliphatic heterocycles. The molecule has 1 heterocycles. The van der Waals surface area contributed by atoms with Gasteiger partial charge in [-0.15, -0.1) is 0 Å². The van der Waals surface area contributed by atoms with Gasteiger partial charge in [-0.05, 0) is 17.7 Å². The normalized spacial score (nSPS) is 15.7. The molecule has 0 bridgehead atoms. The summed E-state index contributed by atoms with van der Waals surface area (Å²) < 4.78 is 15.4. The second kappa shape index (κ2) is 5.46. The third-order valence-electron chi connectivity index (χ3n) is 2.56. The maximum Gasteiger partial charge on any atom is 0.339 e. The van der Waals surface area contributed by atoms with Crippen molar-refractivity contribution in [3.63, 3.8) is 0 Å². The lowest BCUT2D eigenvalue weighted by Crippen LogP contribution is -2.13. The van der Waals surface area contributed by atoms with E-state index in [0.717, 1.165) is 6.42 Å². The zero-order chi connectivity index (χ0) is 13.1. The molecule has 5 nitrogen and oxygen atoms in total. The summed E-state index contributed by atoms with van der Waals surface area (Å²) in [7, 11) is 1.20. The number of hydrogen-bond donors (Lipinski definition) is 1. The molecule has 6 heteroatoms. The molecule has 0 saturated heterocycles. The van der Waals surface area contributed by atoms with Gasteiger partial charge in [0.15, 0.2) is 17.6 Å². The second-order valence-electron chi connectivity index (χ2n) is 3.81. The van der Waals surface area contributed by atoms with Gasteiger partial charge >= 0.3 is 5.97 Å². The summed E-state index contributed by atoms with van der Waals surface area (Å²) in [6.07, 6.45) is -0.635. The van der Waals surface area contributed by atoms with Gasteiger partial charge in [0.2, 0.25) is 0 Å². The summed E-state index contributed by atoms with van der Waals surface area (Å²) in [5, 5.41) is 10.1. The zero-order valence-electron chi connectivity index (χ0n) is 9.81. The van der Waals surface area contributed by atoms with Crippen molar-refractivity contribution in [2.24, 2.45) is 0 Å². The number of carbonyl (C=O) groups is 1. The summed E-state index contributed by atoms with van der Waals surface area (Å²) in [5.74, 6) is 0.119. The van der Waals surface area contributed by atoms with Gasteiger partial charge in [0.25, 0.3) is 0 Å². The quantitative estimate of drug-likeness (QED) is 0.830. The summed E-state index contributed by atoms with van der Waals surface area (Å²) in [6, 6.07) is 3.00. The maximum atomic E-state index is 11.3. The molecule has 0 saturated carbocycles. The van der Waals surface area contributed by atoms with Gasteiger partial charge in [0.1, 0.15) is 0 Å². The molecule has 0 fully saturated rings. The number of methoxy groups -OCH3 is 1. The van der Waals surface area contributed by atoms with Gasteiger partial charge in [-0.25, -0.2) is 4.79 Å². The molecule has 1 atom stereocenters. The molecule has 1 aliphatic rings. The van der Waals surface area contributed by atoms with Crippen LogP contribution in [0.2, 0.25) is 5.02 Å². The van der Waals surface area contributed by atoms with Gasteiger partial charge in [-0.2, -0.15) is 0 Å². The van der Waals surface area contributed by atoms with Crippen molar-refractivity contribution in [1.29, 1.82) is 0 Å². The van der Waals surface area contributed by atoms with Crippen molar-refractivity contribution in [1.82, 2.24) is 0 Å². The molecule has 1 N–H and O–H groups in total. The highest BCUT2D eigenvalue weighted by Gasteiger charge is 2.23. The predicted octanol–water partition coefficient (Wildman–Crippen LogP) is 1.71. The topological polar surface area (TPSA) is 65.0 Å². The van der Waals surface area contributed by atoms with Crippen molar-refractivity contribution < 1.29 is 24.1 Å². The number of hydrogen-bond acceptors (Lipinski definition) is 5. The Morgan fingerprint density at radius 2 is 2.17 bits per heavy atom. The first-order valence-electron chi connectivity index (χ1n) is 5.48. The summed E-state index contributed by atoms with van der Waals surface area (Å²) in [5.41, 5.74) is 0.316. The fourth-order valence-electron chi connectivity index (χ4n) is 1.66. The first-order valence-corrected chi connectivity index (χ1v) is 5.86. The number of aliphatic hydroxyl groups excluding tert-OH is 1. The van der Waals surface area contributed by atoms with Crippen molar-refractivity contribution in [2.45, 2.75) is 12.5 Å². The Morgan fingerprint density at radius 1 is 1.44 bits per heavy atom. The molecule has 1 aromatic rings. The fourth-order valence-corrected chi connectivity index (χ4v) is 1.93. The van der Waals surface area contributed by atoms with Gasteiger partial charge in [-0.3, -0.25) is 0 Å². The van der Waals surface area contributed by atoms with Crippen LogP contribution in [0.25, 0.3) is 0 Å². The van der Waals surface area contributed by atoms with E-state index in [2.05, 4.69) is 4.74 Å². The Kier molecular flexibility index (Phi) is 3.93. The van der Waals surface area contributed by atoms with E-state index < -0.39 is 12.1 Å². The third kappa shape index (κ3) is 2.52. The monoisotopic (exact) mass is 272 g/mol. The van der Waals surface area contributed by atoms with Crippen LogP contribution >= 0.6 is 11.6 Å².